The Balaban J connectivity index is 2.12. The Hall–Kier alpha value is -1.87. The molecule has 2 aromatic rings. The summed E-state index contributed by atoms with van der Waals surface area (Å²) in [6.45, 7) is 6.44. The molecule has 0 aromatic heterocycles. The lowest BCUT2D eigenvalue weighted by Crippen LogP contribution is -2.12. The summed E-state index contributed by atoms with van der Waals surface area (Å²) in [5.41, 5.74) is 3.14. The highest BCUT2D eigenvalue weighted by atomic mass is 19.1. The maximum absolute atomic E-state index is 14.5. The second-order valence-electron chi connectivity index (χ2n) is 7.92. The van der Waals surface area contributed by atoms with Crippen molar-refractivity contribution in [3.05, 3.63) is 53.3 Å². The highest BCUT2D eigenvalue weighted by Gasteiger charge is 2.45. The van der Waals surface area contributed by atoms with Crippen molar-refractivity contribution in [2.24, 2.45) is 11.3 Å². The standard InChI is InChI=1S/C22H27FO2/c1-14(2)11-15-5-7-17(18-13-16(25-4)6-8-20(18)23)19(12-15)21(24)22(3)9-10-22/h5-8,12-14,21,24H,9-11H2,1-4H3/t21-/m1/s1. The maximum Gasteiger partial charge on any atom is 0.131 e. The molecule has 1 aliphatic rings. The van der Waals surface area contributed by atoms with Gasteiger partial charge in [-0.1, -0.05) is 39.0 Å². The van der Waals surface area contributed by atoms with Crippen LogP contribution >= 0.6 is 0 Å². The molecule has 0 bridgehead atoms. The quantitative estimate of drug-likeness (QED) is 0.747. The number of hydrogen-bond donors (Lipinski definition) is 1. The topological polar surface area (TPSA) is 29.5 Å². The average Bonchev–Trinajstić information content (AvgIpc) is 3.33. The molecule has 3 heteroatoms. The Labute approximate surface area is 149 Å². The van der Waals surface area contributed by atoms with Gasteiger partial charge in [0.25, 0.3) is 0 Å². The van der Waals surface area contributed by atoms with Gasteiger partial charge in [-0.3, -0.25) is 0 Å². The Kier molecular flexibility index (Phi) is 4.88. The van der Waals surface area contributed by atoms with E-state index in [2.05, 4.69) is 26.8 Å². The lowest BCUT2D eigenvalue weighted by Gasteiger charge is -2.23. The predicted molar refractivity (Wildman–Crippen MR) is 99.2 cm³/mol. The van der Waals surface area contributed by atoms with E-state index in [-0.39, 0.29) is 11.2 Å². The van der Waals surface area contributed by atoms with Crippen LogP contribution in [-0.2, 0) is 6.42 Å². The Bertz CT molecular complexity index is 763. The van der Waals surface area contributed by atoms with E-state index in [0.717, 1.165) is 30.4 Å². The lowest BCUT2D eigenvalue weighted by atomic mass is 9.86. The number of ether oxygens (including phenoxy) is 1. The van der Waals surface area contributed by atoms with E-state index >= 15 is 0 Å². The molecule has 0 radical (unpaired) electrons. The highest BCUT2D eigenvalue weighted by molar-refractivity contribution is 5.70. The minimum absolute atomic E-state index is 0.0967. The number of aliphatic hydroxyl groups excluding tert-OH is 1. The number of aliphatic hydroxyl groups is 1. The number of hydrogen-bond acceptors (Lipinski definition) is 2. The molecule has 0 heterocycles. The maximum atomic E-state index is 14.5. The van der Waals surface area contributed by atoms with Crippen LogP contribution in [-0.4, -0.2) is 12.2 Å². The van der Waals surface area contributed by atoms with Gasteiger partial charge in [0.15, 0.2) is 0 Å². The van der Waals surface area contributed by atoms with Crippen molar-refractivity contribution in [2.75, 3.05) is 7.11 Å². The first kappa shape index (κ1) is 17.9. The van der Waals surface area contributed by atoms with Gasteiger partial charge in [0, 0.05) is 5.56 Å². The predicted octanol–water partition coefficient (Wildman–Crippen LogP) is 5.53. The molecule has 1 saturated carbocycles. The average molecular weight is 342 g/mol. The van der Waals surface area contributed by atoms with Crippen molar-refractivity contribution >= 4 is 0 Å². The molecule has 0 saturated heterocycles. The molecule has 0 aliphatic heterocycles. The van der Waals surface area contributed by atoms with Gasteiger partial charge in [-0.15, -0.1) is 0 Å². The van der Waals surface area contributed by atoms with Crippen LogP contribution in [0.15, 0.2) is 36.4 Å². The number of benzene rings is 2. The van der Waals surface area contributed by atoms with Gasteiger partial charge >= 0.3 is 0 Å². The molecule has 3 rings (SSSR count). The summed E-state index contributed by atoms with van der Waals surface area (Å²) in [6, 6.07) is 10.8. The van der Waals surface area contributed by atoms with Crippen molar-refractivity contribution < 1.29 is 14.2 Å². The SMILES string of the molecule is COc1ccc(F)c(-c2ccc(CC(C)C)cc2[C@@H](O)C2(C)CC2)c1. The molecular weight excluding hydrogens is 315 g/mol. The first-order chi connectivity index (χ1) is 11.8. The first-order valence-corrected chi connectivity index (χ1v) is 8.99. The molecule has 2 aromatic carbocycles. The lowest BCUT2D eigenvalue weighted by molar-refractivity contribution is 0.104. The molecule has 1 fully saturated rings. The summed E-state index contributed by atoms with van der Waals surface area (Å²) in [5, 5.41) is 11.0. The second-order valence-corrected chi connectivity index (χ2v) is 7.92. The summed E-state index contributed by atoms with van der Waals surface area (Å²) in [5.74, 6) is 0.841. The van der Waals surface area contributed by atoms with Gasteiger partial charge in [-0.2, -0.15) is 0 Å². The molecule has 0 amide bonds. The van der Waals surface area contributed by atoms with Crippen LogP contribution in [0, 0.1) is 17.2 Å². The second kappa shape index (κ2) is 6.80. The van der Waals surface area contributed by atoms with E-state index in [0.29, 0.717) is 17.2 Å². The number of halogens is 1. The zero-order valence-corrected chi connectivity index (χ0v) is 15.5. The van der Waals surface area contributed by atoms with Crippen molar-refractivity contribution in [3.63, 3.8) is 0 Å². The summed E-state index contributed by atoms with van der Waals surface area (Å²) in [7, 11) is 1.57. The van der Waals surface area contributed by atoms with Crippen molar-refractivity contribution in [1.82, 2.24) is 0 Å². The Morgan fingerprint density at radius 3 is 2.44 bits per heavy atom. The van der Waals surface area contributed by atoms with E-state index in [1.807, 2.05) is 12.1 Å². The normalized spacial score (nSPS) is 16.8. The van der Waals surface area contributed by atoms with E-state index in [1.54, 1.807) is 19.2 Å². The van der Waals surface area contributed by atoms with E-state index in [4.69, 9.17) is 4.74 Å². The fraction of sp³-hybridized carbons (Fsp3) is 0.455. The zero-order chi connectivity index (χ0) is 18.2. The first-order valence-electron chi connectivity index (χ1n) is 8.99. The van der Waals surface area contributed by atoms with Crippen LogP contribution in [0.1, 0.15) is 50.8 Å². The van der Waals surface area contributed by atoms with Crippen LogP contribution in [0.5, 0.6) is 5.75 Å². The van der Waals surface area contributed by atoms with Crippen LogP contribution in [0.2, 0.25) is 0 Å². The van der Waals surface area contributed by atoms with Gasteiger partial charge in [0.05, 0.1) is 13.2 Å². The molecule has 2 nitrogen and oxygen atoms in total. The Morgan fingerprint density at radius 2 is 1.84 bits per heavy atom. The minimum Gasteiger partial charge on any atom is -0.497 e. The summed E-state index contributed by atoms with van der Waals surface area (Å²) in [6.07, 6.45) is 2.36. The Morgan fingerprint density at radius 1 is 1.12 bits per heavy atom. The summed E-state index contributed by atoms with van der Waals surface area (Å²) in [4.78, 5) is 0. The van der Waals surface area contributed by atoms with Crippen molar-refractivity contribution in [1.29, 1.82) is 0 Å². The van der Waals surface area contributed by atoms with Gasteiger partial charge in [0.2, 0.25) is 0 Å². The third-order valence-corrected chi connectivity index (χ3v) is 5.22. The molecule has 1 aliphatic carbocycles. The molecule has 0 unspecified atom stereocenters. The fourth-order valence-electron chi connectivity index (χ4n) is 3.37. The molecule has 1 atom stereocenters. The number of methoxy groups -OCH3 is 1. The monoisotopic (exact) mass is 342 g/mol. The third kappa shape index (κ3) is 3.72. The largest absolute Gasteiger partial charge is 0.497 e. The summed E-state index contributed by atoms with van der Waals surface area (Å²) < 4.78 is 19.8. The van der Waals surface area contributed by atoms with Crippen LogP contribution in [0.25, 0.3) is 11.1 Å². The molecule has 134 valence electrons. The van der Waals surface area contributed by atoms with Crippen LogP contribution in [0.4, 0.5) is 4.39 Å². The van der Waals surface area contributed by atoms with E-state index in [9.17, 15) is 9.50 Å². The fourth-order valence-corrected chi connectivity index (χ4v) is 3.37. The van der Waals surface area contributed by atoms with Gasteiger partial charge in [-0.25, -0.2) is 4.39 Å². The zero-order valence-electron chi connectivity index (χ0n) is 15.5. The van der Waals surface area contributed by atoms with Gasteiger partial charge in [0.1, 0.15) is 11.6 Å². The minimum atomic E-state index is -0.583. The molecular formula is C22H27FO2. The van der Waals surface area contributed by atoms with Crippen LogP contribution in [0.3, 0.4) is 0 Å². The smallest absolute Gasteiger partial charge is 0.131 e. The van der Waals surface area contributed by atoms with Crippen molar-refractivity contribution in [2.45, 2.75) is 46.1 Å². The number of rotatable bonds is 6. The highest BCUT2D eigenvalue weighted by Crippen LogP contribution is 2.55. The molecule has 1 N–H and O–H groups in total. The van der Waals surface area contributed by atoms with Crippen molar-refractivity contribution in [3.8, 4) is 16.9 Å². The van der Waals surface area contributed by atoms with Gasteiger partial charge < -0.3 is 9.84 Å². The summed E-state index contributed by atoms with van der Waals surface area (Å²) >= 11 is 0. The van der Waals surface area contributed by atoms with E-state index in [1.165, 1.54) is 11.6 Å². The molecule has 0 spiro atoms. The third-order valence-electron chi connectivity index (χ3n) is 5.22. The molecule has 25 heavy (non-hydrogen) atoms. The van der Waals surface area contributed by atoms with E-state index < -0.39 is 6.10 Å². The van der Waals surface area contributed by atoms with Gasteiger partial charge in [-0.05, 0) is 65.5 Å². The van der Waals surface area contributed by atoms with Crippen LogP contribution < -0.4 is 4.74 Å².